The first kappa shape index (κ1) is 21.0. The van der Waals surface area contributed by atoms with E-state index in [0.29, 0.717) is 19.2 Å². The van der Waals surface area contributed by atoms with Crippen molar-refractivity contribution in [2.45, 2.75) is 23.9 Å². The Morgan fingerprint density at radius 2 is 1.76 bits per heavy atom. The minimum Gasteiger partial charge on any atom is -0.484 e. The summed E-state index contributed by atoms with van der Waals surface area (Å²) in [6.07, 6.45) is -2.92. The highest BCUT2D eigenvalue weighted by Crippen LogP contribution is 2.34. The van der Waals surface area contributed by atoms with Crippen molar-refractivity contribution in [3.8, 4) is 5.75 Å². The molecular formula is C19H19F3N2O4S. The van der Waals surface area contributed by atoms with Crippen molar-refractivity contribution in [2.24, 2.45) is 0 Å². The molecular weight excluding hydrogens is 409 g/mol. The van der Waals surface area contributed by atoms with Crippen molar-refractivity contribution in [1.29, 1.82) is 0 Å². The van der Waals surface area contributed by atoms with Gasteiger partial charge < -0.3 is 9.64 Å². The number of carbonyl (C=O) groups excluding carboxylic acids is 1. The molecule has 0 unspecified atom stereocenters. The molecule has 2 aromatic rings. The Balaban J connectivity index is 1.74. The second-order valence-corrected chi connectivity index (χ2v) is 8.15. The molecule has 1 saturated heterocycles. The molecule has 156 valence electrons. The molecule has 1 fully saturated rings. The third kappa shape index (κ3) is 5.20. The summed E-state index contributed by atoms with van der Waals surface area (Å²) in [6.45, 7) is 1.16. The lowest BCUT2D eigenvalue weighted by molar-refractivity contribution is -0.139. The highest BCUT2D eigenvalue weighted by atomic mass is 32.2. The zero-order valence-electron chi connectivity index (χ0n) is 15.3. The van der Waals surface area contributed by atoms with Gasteiger partial charge in [0.25, 0.3) is 15.9 Å². The molecule has 2 aromatic carbocycles. The van der Waals surface area contributed by atoms with Gasteiger partial charge in [0.05, 0.1) is 16.1 Å². The lowest BCUT2D eigenvalue weighted by Gasteiger charge is -2.16. The Kier molecular flexibility index (Phi) is 6.02. The molecule has 0 aromatic heterocycles. The number of ether oxygens (including phenoxy) is 1. The van der Waals surface area contributed by atoms with Crippen molar-refractivity contribution in [3.05, 3.63) is 54.1 Å². The fourth-order valence-electron chi connectivity index (χ4n) is 3.00. The van der Waals surface area contributed by atoms with Crippen molar-refractivity contribution in [2.75, 3.05) is 24.4 Å². The molecule has 0 radical (unpaired) electrons. The number of anilines is 1. The lowest BCUT2D eigenvalue weighted by Crippen LogP contribution is -2.32. The van der Waals surface area contributed by atoms with Gasteiger partial charge >= 0.3 is 6.18 Å². The molecule has 0 saturated carbocycles. The van der Waals surface area contributed by atoms with Gasteiger partial charge in [-0.2, -0.15) is 13.2 Å². The molecule has 0 spiro atoms. The smallest absolute Gasteiger partial charge is 0.417 e. The van der Waals surface area contributed by atoms with E-state index in [-0.39, 0.29) is 24.0 Å². The lowest BCUT2D eigenvalue weighted by atomic mass is 10.2. The van der Waals surface area contributed by atoms with Crippen LogP contribution in [0, 0.1) is 0 Å². The van der Waals surface area contributed by atoms with E-state index in [2.05, 4.69) is 4.72 Å². The summed E-state index contributed by atoms with van der Waals surface area (Å²) in [5.41, 5.74) is -1.23. The van der Waals surface area contributed by atoms with E-state index in [1.165, 1.54) is 30.3 Å². The standard InChI is InChI=1S/C19H19F3N2O4S/c20-19(21,22)16-8-1-2-9-17(16)29(26,27)23-14-6-5-7-15(12-14)28-13-18(25)24-10-3-4-11-24/h1-2,5-9,12,23H,3-4,10-11,13H2. The predicted octanol–water partition coefficient (Wildman–Crippen LogP) is 3.51. The van der Waals surface area contributed by atoms with Crippen LogP contribution in [0.15, 0.2) is 53.4 Å². The molecule has 3 rings (SSSR count). The van der Waals surface area contributed by atoms with Gasteiger partial charge in [0, 0.05) is 19.2 Å². The quantitative estimate of drug-likeness (QED) is 0.764. The average Bonchev–Trinajstić information content (AvgIpc) is 3.20. The van der Waals surface area contributed by atoms with Crippen LogP contribution in [0.2, 0.25) is 0 Å². The van der Waals surface area contributed by atoms with Crippen LogP contribution in [0.3, 0.4) is 0 Å². The molecule has 1 amide bonds. The highest BCUT2D eigenvalue weighted by Gasteiger charge is 2.36. The van der Waals surface area contributed by atoms with Gasteiger partial charge in [-0.15, -0.1) is 0 Å². The number of hydrogen-bond donors (Lipinski definition) is 1. The third-order valence-corrected chi connectivity index (χ3v) is 5.83. The van der Waals surface area contributed by atoms with Crippen LogP contribution in [0.1, 0.15) is 18.4 Å². The monoisotopic (exact) mass is 428 g/mol. The molecule has 1 aliphatic rings. The Labute approximate surface area is 166 Å². The molecule has 1 aliphatic heterocycles. The average molecular weight is 428 g/mol. The number of nitrogens with zero attached hydrogens (tertiary/aromatic N) is 1. The summed E-state index contributed by atoms with van der Waals surface area (Å²) in [6, 6.07) is 9.62. The van der Waals surface area contributed by atoms with Crippen LogP contribution < -0.4 is 9.46 Å². The Morgan fingerprint density at radius 3 is 2.45 bits per heavy atom. The first-order valence-corrected chi connectivity index (χ1v) is 10.3. The Bertz CT molecular complexity index is 987. The topological polar surface area (TPSA) is 75.7 Å². The highest BCUT2D eigenvalue weighted by molar-refractivity contribution is 7.92. The van der Waals surface area contributed by atoms with E-state index < -0.39 is 26.7 Å². The van der Waals surface area contributed by atoms with E-state index in [9.17, 15) is 26.4 Å². The summed E-state index contributed by atoms with van der Waals surface area (Å²) < 4.78 is 72.0. The summed E-state index contributed by atoms with van der Waals surface area (Å²) in [5.74, 6) is 0.0504. The number of sulfonamides is 1. The number of carbonyl (C=O) groups is 1. The zero-order chi connectivity index (χ0) is 21.1. The van der Waals surface area contributed by atoms with Crippen molar-refractivity contribution in [3.63, 3.8) is 0 Å². The number of nitrogens with one attached hydrogen (secondary N) is 1. The van der Waals surface area contributed by atoms with E-state index >= 15 is 0 Å². The summed E-state index contributed by atoms with van der Waals surface area (Å²) in [7, 11) is -4.49. The second-order valence-electron chi connectivity index (χ2n) is 6.50. The molecule has 1 heterocycles. The Hall–Kier alpha value is -2.75. The van der Waals surface area contributed by atoms with Crippen LogP contribution in [-0.2, 0) is 21.0 Å². The molecule has 0 atom stereocenters. The number of hydrogen-bond acceptors (Lipinski definition) is 4. The van der Waals surface area contributed by atoms with Gasteiger partial charge in [0.2, 0.25) is 0 Å². The van der Waals surface area contributed by atoms with Gasteiger partial charge in [0.15, 0.2) is 6.61 Å². The Morgan fingerprint density at radius 1 is 1.07 bits per heavy atom. The largest absolute Gasteiger partial charge is 0.484 e. The fraction of sp³-hybridized carbons (Fsp3) is 0.316. The molecule has 0 aliphatic carbocycles. The molecule has 10 heteroatoms. The van der Waals surface area contributed by atoms with E-state index in [1.807, 2.05) is 0 Å². The van der Waals surface area contributed by atoms with Crippen LogP contribution in [0.25, 0.3) is 0 Å². The first-order valence-electron chi connectivity index (χ1n) is 8.86. The minimum absolute atomic E-state index is 0.0214. The predicted molar refractivity (Wildman–Crippen MR) is 100 cm³/mol. The zero-order valence-corrected chi connectivity index (χ0v) is 16.1. The maximum absolute atomic E-state index is 13.1. The van der Waals surface area contributed by atoms with Gasteiger partial charge in [0.1, 0.15) is 5.75 Å². The van der Waals surface area contributed by atoms with Gasteiger partial charge in [-0.1, -0.05) is 18.2 Å². The second kappa shape index (κ2) is 8.32. The first-order chi connectivity index (χ1) is 13.7. The number of rotatable bonds is 6. The van der Waals surface area contributed by atoms with Crippen LogP contribution in [-0.4, -0.2) is 38.9 Å². The van der Waals surface area contributed by atoms with Crippen LogP contribution in [0.4, 0.5) is 18.9 Å². The van der Waals surface area contributed by atoms with E-state index in [4.69, 9.17) is 4.74 Å². The SMILES string of the molecule is O=C(COc1cccc(NS(=O)(=O)c2ccccc2C(F)(F)F)c1)N1CCCC1. The summed E-state index contributed by atoms with van der Waals surface area (Å²) >= 11 is 0. The number of halogens is 3. The normalized spacial score (nSPS) is 14.7. The number of benzene rings is 2. The fourth-order valence-corrected chi connectivity index (χ4v) is 4.28. The minimum atomic E-state index is -4.81. The van der Waals surface area contributed by atoms with Gasteiger partial charge in [-0.05, 0) is 37.1 Å². The number of alkyl halides is 3. The maximum Gasteiger partial charge on any atom is 0.417 e. The summed E-state index contributed by atoms with van der Waals surface area (Å²) in [4.78, 5) is 12.8. The number of likely N-dealkylation sites (tertiary alicyclic amines) is 1. The molecule has 29 heavy (non-hydrogen) atoms. The van der Waals surface area contributed by atoms with Crippen molar-refractivity contribution in [1.82, 2.24) is 4.90 Å². The molecule has 1 N–H and O–H groups in total. The van der Waals surface area contributed by atoms with E-state index in [0.717, 1.165) is 25.0 Å². The van der Waals surface area contributed by atoms with Crippen LogP contribution >= 0.6 is 0 Å². The third-order valence-electron chi connectivity index (χ3n) is 4.39. The van der Waals surface area contributed by atoms with Crippen molar-refractivity contribution < 1.29 is 31.1 Å². The van der Waals surface area contributed by atoms with Gasteiger partial charge in [-0.3, -0.25) is 9.52 Å². The molecule has 6 nitrogen and oxygen atoms in total. The molecule has 0 bridgehead atoms. The van der Waals surface area contributed by atoms with E-state index in [1.54, 1.807) is 4.90 Å². The van der Waals surface area contributed by atoms with Gasteiger partial charge in [-0.25, -0.2) is 8.42 Å². The summed E-state index contributed by atoms with van der Waals surface area (Å²) in [5, 5.41) is 0. The maximum atomic E-state index is 13.1. The van der Waals surface area contributed by atoms with Crippen molar-refractivity contribution >= 4 is 21.6 Å². The number of amides is 1. The van der Waals surface area contributed by atoms with Crippen LogP contribution in [0.5, 0.6) is 5.75 Å².